The summed E-state index contributed by atoms with van der Waals surface area (Å²) in [7, 11) is 0. The zero-order valence-electron chi connectivity index (χ0n) is 8.81. The van der Waals surface area contributed by atoms with Gasteiger partial charge in [-0.2, -0.15) is 0 Å². The minimum atomic E-state index is -2.56. The van der Waals surface area contributed by atoms with Gasteiger partial charge < -0.3 is 5.73 Å². The minimum absolute atomic E-state index is 0.103. The van der Waals surface area contributed by atoms with Crippen LogP contribution in [0.1, 0.15) is 26.2 Å². The summed E-state index contributed by atoms with van der Waals surface area (Å²) in [5.74, 6) is -2.04. The van der Waals surface area contributed by atoms with Crippen molar-refractivity contribution in [3.8, 4) is 0 Å². The van der Waals surface area contributed by atoms with Crippen LogP contribution in [-0.4, -0.2) is 37.0 Å². The Hall–Kier alpha value is -0.220. The first-order valence-corrected chi connectivity index (χ1v) is 5.31. The number of piperidine rings is 1. The molecule has 1 fully saturated rings. The average Bonchev–Trinajstić information content (AvgIpc) is 2.02. The highest BCUT2D eigenvalue weighted by Crippen LogP contribution is 2.22. The summed E-state index contributed by atoms with van der Waals surface area (Å²) in [6.45, 7) is 3.15. The van der Waals surface area contributed by atoms with Crippen molar-refractivity contribution in [1.29, 1.82) is 0 Å². The molecule has 1 saturated heterocycles. The highest BCUT2D eigenvalue weighted by molar-refractivity contribution is 4.76. The van der Waals surface area contributed by atoms with E-state index in [4.69, 9.17) is 5.73 Å². The van der Waals surface area contributed by atoms with Crippen molar-refractivity contribution < 1.29 is 8.78 Å². The zero-order chi connectivity index (χ0) is 10.6. The average molecular weight is 206 g/mol. The van der Waals surface area contributed by atoms with Gasteiger partial charge in [0.05, 0.1) is 6.54 Å². The maximum absolute atomic E-state index is 12.8. The molecule has 0 aliphatic carbocycles. The summed E-state index contributed by atoms with van der Waals surface area (Å²) in [5.41, 5.74) is 5.47. The van der Waals surface area contributed by atoms with E-state index in [1.54, 1.807) is 0 Å². The third-order valence-electron chi connectivity index (χ3n) is 2.68. The molecular formula is C10H20F2N2. The summed E-state index contributed by atoms with van der Waals surface area (Å²) in [5, 5.41) is 0. The fourth-order valence-electron chi connectivity index (χ4n) is 2.16. The maximum Gasteiger partial charge on any atom is 0.257 e. The summed E-state index contributed by atoms with van der Waals surface area (Å²) >= 11 is 0. The van der Waals surface area contributed by atoms with E-state index in [1.165, 1.54) is 0 Å². The van der Waals surface area contributed by atoms with Crippen molar-refractivity contribution in [2.75, 3.05) is 26.2 Å². The molecule has 1 rings (SSSR count). The number of nitrogens with two attached hydrogens (primary N) is 1. The van der Waals surface area contributed by atoms with E-state index >= 15 is 0 Å². The molecule has 0 bridgehead atoms. The van der Waals surface area contributed by atoms with E-state index in [-0.39, 0.29) is 6.54 Å². The number of alkyl halides is 2. The van der Waals surface area contributed by atoms with Gasteiger partial charge in [0.2, 0.25) is 0 Å². The van der Waals surface area contributed by atoms with E-state index in [9.17, 15) is 8.78 Å². The molecule has 1 unspecified atom stereocenters. The van der Waals surface area contributed by atoms with Crippen LogP contribution < -0.4 is 5.73 Å². The number of rotatable bonds is 4. The molecule has 1 atom stereocenters. The molecule has 0 saturated carbocycles. The lowest BCUT2D eigenvalue weighted by molar-refractivity contribution is -0.0245. The fourth-order valence-corrected chi connectivity index (χ4v) is 2.16. The van der Waals surface area contributed by atoms with Gasteiger partial charge in [0.25, 0.3) is 5.92 Å². The van der Waals surface area contributed by atoms with Crippen LogP contribution in [0.2, 0.25) is 0 Å². The number of hydrogen-bond donors (Lipinski definition) is 1. The molecule has 4 heteroatoms. The molecule has 0 aromatic carbocycles. The first-order chi connectivity index (χ1) is 6.51. The molecule has 0 amide bonds. The highest BCUT2D eigenvalue weighted by atomic mass is 19.3. The van der Waals surface area contributed by atoms with Gasteiger partial charge in [-0.25, -0.2) is 8.78 Å². The monoisotopic (exact) mass is 206 g/mol. The van der Waals surface area contributed by atoms with Crippen LogP contribution in [0.15, 0.2) is 0 Å². The largest absolute Gasteiger partial charge is 0.330 e. The Morgan fingerprint density at radius 2 is 2.21 bits per heavy atom. The van der Waals surface area contributed by atoms with Gasteiger partial charge in [0, 0.05) is 13.5 Å². The molecule has 1 aliphatic rings. The molecular weight excluding hydrogens is 186 g/mol. The van der Waals surface area contributed by atoms with E-state index < -0.39 is 5.92 Å². The lowest BCUT2D eigenvalue weighted by atomic mass is 9.95. The summed E-state index contributed by atoms with van der Waals surface area (Å²) in [6.07, 6.45) is 3.13. The molecule has 14 heavy (non-hydrogen) atoms. The van der Waals surface area contributed by atoms with Gasteiger partial charge in [0.1, 0.15) is 0 Å². The minimum Gasteiger partial charge on any atom is -0.330 e. The molecule has 0 spiro atoms. The third-order valence-corrected chi connectivity index (χ3v) is 2.68. The Labute approximate surface area is 84.4 Å². The maximum atomic E-state index is 12.8. The van der Waals surface area contributed by atoms with Gasteiger partial charge >= 0.3 is 0 Å². The van der Waals surface area contributed by atoms with Crippen molar-refractivity contribution in [1.82, 2.24) is 4.90 Å². The van der Waals surface area contributed by atoms with E-state index in [0.29, 0.717) is 12.5 Å². The van der Waals surface area contributed by atoms with Gasteiger partial charge in [-0.1, -0.05) is 0 Å². The quantitative estimate of drug-likeness (QED) is 0.758. The van der Waals surface area contributed by atoms with Gasteiger partial charge in [-0.3, -0.25) is 4.90 Å². The van der Waals surface area contributed by atoms with Gasteiger partial charge in [-0.15, -0.1) is 0 Å². The Balaban J connectivity index is 2.32. The number of nitrogens with zero attached hydrogens (tertiary/aromatic N) is 1. The van der Waals surface area contributed by atoms with Crippen molar-refractivity contribution in [2.24, 2.45) is 11.7 Å². The lowest BCUT2D eigenvalue weighted by Crippen LogP contribution is -2.42. The van der Waals surface area contributed by atoms with E-state index in [0.717, 1.165) is 39.3 Å². The molecule has 84 valence electrons. The molecule has 1 heterocycles. The zero-order valence-corrected chi connectivity index (χ0v) is 8.81. The molecule has 0 radical (unpaired) electrons. The number of hydrogen-bond acceptors (Lipinski definition) is 2. The van der Waals surface area contributed by atoms with Crippen molar-refractivity contribution in [3.63, 3.8) is 0 Å². The summed E-state index contributed by atoms with van der Waals surface area (Å²) in [6, 6.07) is 0. The first kappa shape index (κ1) is 11.9. The predicted molar refractivity (Wildman–Crippen MR) is 53.5 cm³/mol. The standard InChI is InChI=1S/C10H20F2N2/c1-10(11,12)8-14-6-2-3-9(7-14)4-5-13/h9H,2-8,13H2,1H3. The smallest absolute Gasteiger partial charge is 0.257 e. The molecule has 1 aliphatic heterocycles. The van der Waals surface area contributed by atoms with Crippen LogP contribution in [0.25, 0.3) is 0 Å². The summed E-state index contributed by atoms with van der Waals surface area (Å²) in [4.78, 5) is 1.86. The van der Waals surface area contributed by atoms with Gasteiger partial charge in [0.15, 0.2) is 0 Å². The normalized spacial score (nSPS) is 25.3. The second-order valence-electron chi connectivity index (χ2n) is 4.39. The van der Waals surface area contributed by atoms with Crippen LogP contribution in [0.5, 0.6) is 0 Å². The second kappa shape index (κ2) is 5.03. The van der Waals surface area contributed by atoms with Crippen LogP contribution in [0, 0.1) is 5.92 Å². The van der Waals surface area contributed by atoms with Gasteiger partial charge in [-0.05, 0) is 38.3 Å². The SMILES string of the molecule is CC(F)(F)CN1CCCC(CCN)C1. The predicted octanol–water partition coefficient (Wildman–Crippen LogP) is 1.70. The molecule has 0 aromatic rings. The fraction of sp³-hybridized carbons (Fsp3) is 1.00. The number of likely N-dealkylation sites (tertiary alicyclic amines) is 1. The van der Waals surface area contributed by atoms with Crippen molar-refractivity contribution in [3.05, 3.63) is 0 Å². The number of halogens is 2. The van der Waals surface area contributed by atoms with Crippen LogP contribution in [-0.2, 0) is 0 Å². The van der Waals surface area contributed by atoms with Crippen LogP contribution in [0.3, 0.4) is 0 Å². The Morgan fingerprint density at radius 3 is 2.79 bits per heavy atom. The molecule has 2 nitrogen and oxygen atoms in total. The topological polar surface area (TPSA) is 29.3 Å². The van der Waals surface area contributed by atoms with Crippen molar-refractivity contribution in [2.45, 2.75) is 32.1 Å². The van der Waals surface area contributed by atoms with Crippen LogP contribution in [0.4, 0.5) is 8.78 Å². The first-order valence-electron chi connectivity index (χ1n) is 5.31. The Morgan fingerprint density at radius 1 is 1.50 bits per heavy atom. The van der Waals surface area contributed by atoms with E-state index in [2.05, 4.69) is 0 Å². The lowest BCUT2D eigenvalue weighted by Gasteiger charge is -2.33. The molecule has 0 aromatic heterocycles. The van der Waals surface area contributed by atoms with E-state index in [1.807, 2.05) is 4.90 Å². The molecule has 2 N–H and O–H groups in total. The third kappa shape index (κ3) is 4.33. The van der Waals surface area contributed by atoms with Crippen molar-refractivity contribution >= 4 is 0 Å². The second-order valence-corrected chi connectivity index (χ2v) is 4.39. The Kier molecular flexibility index (Phi) is 4.26. The van der Waals surface area contributed by atoms with Crippen LogP contribution >= 0.6 is 0 Å². The Bertz CT molecular complexity index is 166. The highest BCUT2D eigenvalue weighted by Gasteiger charge is 2.28. The summed E-state index contributed by atoms with van der Waals surface area (Å²) < 4.78 is 25.5.